The highest BCUT2D eigenvalue weighted by molar-refractivity contribution is 5.77. The number of benzene rings is 1. The molecule has 0 saturated carbocycles. The summed E-state index contributed by atoms with van der Waals surface area (Å²) in [6.45, 7) is 3.63. The van der Waals surface area contributed by atoms with Gasteiger partial charge in [0.1, 0.15) is 5.75 Å². The summed E-state index contributed by atoms with van der Waals surface area (Å²) in [6, 6.07) is 9.09. The molecule has 136 valence electrons. The molecular formula is C20H28N2O3. The Labute approximate surface area is 149 Å². The van der Waals surface area contributed by atoms with Crippen molar-refractivity contribution in [2.45, 2.75) is 37.3 Å². The van der Waals surface area contributed by atoms with Gasteiger partial charge in [-0.05, 0) is 37.9 Å². The smallest absolute Gasteiger partial charge is 0.225 e. The van der Waals surface area contributed by atoms with Gasteiger partial charge in [-0.3, -0.25) is 9.69 Å². The van der Waals surface area contributed by atoms with E-state index in [1.165, 1.54) is 18.4 Å². The molecule has 5 rings (SSSR count). The Morgan fingerprint density at radius 1 is 1.16 bits per heavy atom. The predicted octanol–water partition coefficient (Wildman–Crippen LogP) is 2.12. The summed E-state index contributed by atoms with van der Waals surface area (Å²) in [5.41, 5.74) is 1.24. The van der Waals surface area contributed by atoms with Crippen LogP contribution in [0.15, 0.2) is 24.3 Å². The van der Waals surface area contributed by atoms with Crippen LogP contribution in [0.3, 0.4) is 0 Å². The molecule has 1 aromatic rings. The number of ether oxygens (including phenoxy) is 2. The highest BCUT2D eigenvalue weighted by atomic mass is 16.5. The first-order chi connectivity index (χ1) is 12.2. The average Bonchev–Trinajstić information content (AvgIpc) is 3.09. The van der Waals surface area contributed by atoms with Gasteiger partial charge in [0.15, 0.2) is 0 Å². The highest BCUT2D eigenvalue weighted by Crippen LogP contribution is 2.48. The fourth-order valence-corrected chi connectivity index (χ4v) is 5.28. The lowest BCUT2D eigenvalue weighted by atomic mass is 9.75. The van der Waals surface area contributed by atoms with Crippen molar-refractivity contribution in [2.75, 3.05) is 40.5 Å². The monoisotopic (exact) mass is 344 g/mol. The van der Waals surface area contributed by atoms with Crippen LogP contribution in [-0.2, 0) is 9.53 Å². The Kier molecular flexibility index (Phi) is 4.69. The van der Waals surface area contributed by atoms with Crippen molar-refractivity contribution < 1.29 is 14.3 Å². The van der Waals surface area contributed by atoms with E-state index in [0.717, 1.165) is 25.4 Å². The van der Waals surface area contributed by atoms with Gasteiger partial charge < -0.3 is 14.4 Å². The van der Waals surface area contributed by atoms with Crippen LogP contribution >= 0.6 is 0 Å². The van der Waals surface area contributed by atoms with Crippen molar-refractivity contribution in [3.05, 3.63) is 29.8 Å². The molecule has 25 heavy (non-hydrogen) atoms. The molecule has 5 nitrogen and oxygen atoms in total. The van der Waals surface area contributed by atoms with Crippen LogP contribution in [-0.4, -0.2) is 68.3 Å². The third-order valence-electron chi connectivity index (χ3n) is 6.37. The molecule has 0 aromatic heterocycles. The zero-order chi connectivity index (χ0) is 17.4. The molecule has 0 N–H and O–H groups in total. The maximum atomic E-state index is 12.9. The first-order valence-corrected chi connectivity index (χ1v) is 9.40. The Morgan fingerprint density at radius 2 is 1.92 bits per heavy atom. The van der Waals surface area contributed by atoms with Crippen LogP contribution in [0.1, 0.15) is 30.7 Å². The third kappa shape index (κ3) is 2.83. The molecule has 0 aliphatic carbocycles. The number of fused-ring (bicyclic) bond motifs is 2. The molecule has 3 atom stereocenters. The predicted molar refractivity (Wildman–Crippen MR) is 95.8 cm³/mol. The normalized spacial score (nSPS) is 33.4. The number of methoxy groups -OCH3 is 2. The fourth-order valence-electron chi connectivity index (χ4n) is 5.28. The van der Waals surface area contributed by atoms with Crippen LogP contribution in [0.2, 0.25) is 0 Å². The van der Waals surface area contributed by atoms with Crippen LogP contribution < -0.4 is 4.74 Å². The van der Waals surface area contributed by atoms with Gasteiger partial charge in [-0.1, -0.05) is 18.2 Å². The number of carbonyl (C=O) groups excluding carboxylic acids is 1. The molecule has 4 aliphatic heterocycles. The van der Waals surface area contributed by atoms with Gasteiger partial charge in [-0.2, -0.15) is 0 Å². The number of piperidine rings is 3. The molecular weight excluding hydrogens is 316 g/mol. The quantitative estimate of drug-likeness (QED) is 0.821. The molecule has 4 aliphatic rings. The maximum Gasteiger partial charge on any atom is 0.225 e. The van der Waals surface area contributed by atoms with Crippen molar-refractivity contribution in [1.82, 2.24) is 9.80 Å². The van der Waals surface area contributed by atoms with Crippen LogP contribution in [0.5, 0.6) is 5.75 Å². The molecule has 0 radical (unpaired) electrons. The second kappa shape index (κ2) is 6.96. The number of hydrogen-bond acceptors (Lipinski definition) is 4. The number of carbonyl (C=O) groups is 1. The van der Waals surface area contributed by atoms with Crippen molar-refractivity contribution in [1.29, 1.82) is 0 Å². The number of likely N-dealkylation sites (tertiary alicyclic amines) is 1. The Hall–Kier alpha value is -1.59. The topological polar surface area (TPSA) is 42.0 Å². The van der Waals surface area contributed by atoms with Crippen LogP contribution in [0, 0.1) is 5.92 Å². The summed E-state index contributed by atoms with van der Waals surface area (Å²) in [5, 5.41) is 0. The van der Waals surface area contributed by atoms with Crippen molar-refractivity contribution >= 4 is 5.91 Å². The Balaban J connectivity index is 1.67. The van der Waals surface area contributed by atoms with E-state index in [0.29, 0.717) is 36.9 Å². The van der Waals surface area contributed by atoms with Gasteiger partial charge in [-0.15, -0.1) is 0 Å². The minimum Gasteiger partial charge on any atom is -0.496 e. The van der Waals surface area contributed by atoms with E-state index in [1.54, 1.807) is 14.2 Å². The average molecular weight is 344 g/mol. The highest BCUT2D eigenvalue weighted by Gasteiger charge is 2.54. The standard InChI is InChI=1S/C20H28N2O3/c1-24-12-9-18(23)22-13-16(15-5-3-4-6-17(15)25-2)20-19(22)14-7-10-21(20)11-8-14/h3-6,14,16,19-20H,7-13H2,1-2H3/t16-,19-,20-/m1/s1. The lowest BCUT2D eigenvalue weighted by Gasteiger charge is -2.51. The number of nitrogens with zero attached hydrogens (tertiary/aromatic N) is 2. The SMILES string of the molecule is COCCC(=O)N1C[C@H](c2ccccc2OC)[C@@H]2[C@H]1C1CCN2CC1. The summed E-state index contributed by atoms with van der Waals surface area (Å²) in [7, 11) is 3.39. The zero-order valence-corrected chi connectivity index (χ0v) is 15.2. The minimum atomic E-state index is 0.239. The minimum absolute atomic E-state index is 0.239. The molecule has 1 amide bonds. The van der Waals surface area contributed by atoms with E-state index >= 15 is 0 Å². The Morgan fingerprint density at radius 3 is 2.64 bits per heavy atom. The number of rotatable bonds is 5. The van der Waals surface area contributed by atoms with Crippen molar-refractivity contribution in [3.8, 4) is 5.75 Å². The molecule has 1 aromatic carbocycles. The lowest BCUT2D eigenvalue weighted by molar-refractivity contribution is -0.136. The number of para-hydroxylation sites is 1. The largest absolute Gasteiger partial charge is 0.496 e. The lowest BCUT2D eigenvalue weighted by Crippen LogP contribution is -2.60. The van der Waals surface area contributed by atoms with E-state index < -0.39 is 0 Å². The van der Waals surface area contributed by atoms with E-state index in [9.17, 15) is 4.79 Å². The molecule has 5 heteroatoms. The van der Waals surface area contributed by atoms with Gasteiger partial charge in [0.05, 0.1) is 26.2 Å². The maximum absolute atomic E-state index is 12.9. The molecule has 4 heterocycles. The number of hydrogen-bond donors (Lipinski definition) is 0. The Bertz CT molecular complexity index is 627. The third-order valence-corrected chi connectivity index (χ3v) is 6.37. The second-order valence-electron chi connectivity index (χ2n) is 7.49. The zero-order valence-electron chi connectivity index (χ0n) is 15.2. The fraction of sp³-hybridized carbons (Fsp3) is 0.650. The van der Waals surface area contributed by atoms with Crippen LogP contribution in [0.4, 0.5) is 0 Å². The van der Waals surface area contributed by atoms with Gasteiger partial charge in [-0.25, -0.2) is 0 Å². The summed E-state index contributed by atoms with van der Waals surface area (Å²) in [5.74, 6) is 2.15. The molecule has 4 fully saturated rings. The van der Waals surface area contributed by atoms with E-state index in [2.05, 4.69) is 21.9 Å². The summed E-state index contributed by atoms with van der Waals surface area (Å²) in [6.07, 6.45) is 2.91. The van der Waals surface area contributed by atoms with Crippen molar-refractivity contribution in [3.63, 3.8) is 0 Å². The molecule has 0 unspecified atom stereocenters. The molecule has 2 bridgehead atoms. The van der Waals surface area contributed by atoms with Crippen LogP contribution in [0.25, 0.3) is 0 Å². The number of amides is 1. The molecule has 4 saturated heterocycles. The van der Waals surface area contributed by atoms with E-state index in [-0.39, 0.29) is 5.91 Å². The van der Waals surface area contributed by atoms with Gasteiger partial charge in [0.25, 0.3) is 0 Å². The summed E-state index contributed by atoms with van der Waals surface area (Å²) < 4.78 is 10.8. The van der Waals surface area contributed by atoms with Crippen molar-refractivity contribution in [2.24, 2.45) is 5.92 Å². The first kappa shape index (κ1) is 16.9. The second-order valence-corrected chi connectivity index (χ2v) is 7.49. The van der Waals surface area contributed by atoms with Gasteiger partial charge >= 0.3 is 0 Å². The van der Waals surface area contributed by atoms with E-state index in [4.69, 9.17) is 9.47 Å². The summed E-state index contributed by atoms with van der Waals surface area (Å²) in [4.78, 5) is 17.6. The van der Waals surface area contributed by atoms with E-state index in [1.807, 2.05) is 12.1 Å². The first-order valence-electron chi connectivity index (χ1n) is 9.40. The summed E-state index contributed by atoms with van der Waals surface area (Å²) >= 11 is 0. The molecule has 0 spiro atoms. The van der Waals surface area contributed by atoms with Gasteiger partial charge in [0, 0.05) is 31.2 Å². The van der Waals surface area contributed by atoms with Gasteiger partial charge in [0.2, 0.25) is 5.91 Å².